The standard InChI is InChI=1S/C16H24N4O/c1-11(2)14-13(17)15(20(4)19-14)18-16(3,10-21)12-8-6-5-7-9-12/h5-9,11,18,21H,10,17H2,1-4H3. The van der Waals surface area contributed by atoms with Gasteiger partial charge in [-0.2, -0.15) is 5.10 Å². The summed E-state index contributed by atoms with van der Waals surface area (Å²) in [6.07, 6.45) is 0. The number of hydrogen-bond donors (Lipinski definition) is 3. The third-order valence-electron chi connectivity index (χ3n) is 3.78. The van der Waals surface area contributed by atoms with E-state index in [0.29, 0.717) is 5.69 Å². The number of hydrogen-bond acceptors (Lipinski definition) is 4. The minimum Gasteiger partial charge on any atom is -0.394 e. The molecule has 0 spiro atoms. The zero-order chi connectivity index (χ0) is 15.6. The highest BCUT2D eigenvalue weighted by molar-refractivity contribution is 5.67. The molecule has 0 aliphatic carbocycles. The number of benzene rings is 1. The first-order valence-electron chi connectivity index (χ1n) is 7.16. The highest BCUT2D eigenvalue weighted by atomic mass is 16.3. The van der Waals surface area contributed by atoms with E-state index in [2.05, 4.69) is 24.3 Å². The maximum absolute atomic E-state index is 9.86. The van der Waals surface area contributed by atoms with E-state index in [0.717, 1.165) is 17.1 Å². The number of nitrogens with zero attached hydrogens (tertiary/aromatic N) is 2. The van der Waals surface area contributed by atoms with E-state index in [1.165, 1.54) is 0 Å². The number of aliphatic hydroxyl groups is 1. The van der Waals surface area contributed by atoms with Gasteiger partial charge in [0.1, 0.15) is 5.82 Å². The first-order valence-corrected chi connectivity index (χ1v) is 7.16. The highest BCUT2D eigenvalue weighted by Gasteiger charge is 2.28. The number of nitrogens with one attached hydrogen (secondary N) is 1. The number of anilines is 2. The van der Waals surface area contributed by atoms with Crippen molar-refractivity contribution in [1.82, 2.24) is 9.78 Å². The number of nitrogen functional groups attached to an aromatic ring is 1. The van der Waals surface area contributed by atoms with Crippen molar-refractivity contribution in [3.63, 3.8) is 0 Å². The van der Waals surface area contributed by atoms with Crippen molar-refractivity contribution in [3.05, 3.63) is 41.6 Å². The van der Waals surface area contributed by atoms with Gasteiger partial charge in [0.05, 0.1) is 23.5 Å². The van der Waals surface area contributed by atoms with E-state index in [1.807, 2.05) is 44.3 Å². The Hall–Kier alpha value is -2.01. The van der Waals surface area contributed by atoms with Crippen molar-refractivity contribution in [2.45, 2.75) is 32.2 Å². The van der Waals surface area contributed by atoms with E-state index in [-0.39, 0.29) is 12.5 Å². The average Bonchev–Trinajstić information content (AvgIpc) is 2.76. The predicted molar refractivity (Wildman–Crippen MR) is 86.2 cm³/mol. The Morgan fingerprint density at radius 2 is 1.95 bits per heavy atom. The Kier molecular flexibility index (Phi) is 4.23. The monoisotopic (exact) mass is 288 g/mol. The van der Waals surface area contributed by atoms with Gasteiger partial charge in [0.25, 0.3) is 0 Å². The second-order valence-corrected chi connectivity index (χ2v) is 5.91. The molecule has 0 radical (unpaired) electrons. The Morgan fingerprint density at radius 1 is 1.33 bits per heavy atom. The Morgan fingerprint density at radius 3 is 2.43 bits per heavy atom. The van der Waals surface area contributed by atoms with E-state index in [9.17, 15) is 5.11 Å². The number of rotatable bonds is 5. The Balaban J connectivity index is 2.40. The van der Waals surface area contributed by atoms with Crippen LogP contribution < -0.4 is 11.1 Å². The second kappa shape index (κ2) is 5.77. The lowest BCUT2D eigenvalue weighted by atomic mass is 9.93. The largest absolute Gasteiger partial charge is 0.394 e. The number of aryl methyl sites for hydroxylation is 1. The molecule has 0 bridgehead atoms. The van der Waals surface area contributed by atoms with Crippen molar-refractivity contribution >= 4 is 11.5 Å². The third kappa shape index (κ3) is 2.88. The summed E-state index contributed by atoms with van der Waals surface area (Å²) in [5.41, 5.74) is 8.11. The Bertz CT molecular complexity index is 606. The van der Waals surface area contributed by atoms with E-state index < -0.39 is 5.54 Å². The van der Waals surface area contributed by atoms with Crippen molar-refractivity contribution in [1.29, 1.82) is 0 Å². The molecule has 0 fully saturated rings. The lowest BCUT2D eigenvalue weighted by molar-refractivity contribution is 0.223. The molecule has 2 rings (SSSR count). The van der Waals surface area contributed by atoms with E-state index >= 15 is 0 Å². The van der Waals surface area contributed by atoms with Gasteiger partial charge in [0, 0.05) is 7.05 Å². The quantitative estimate of drug-likeness (QED) is 0.790. The van der Waals surface area contributed by atoms with Gasteiger partial charge in [0.2, 0.25) is 0 Å². The van der Waals surface area contributed by atoms with Crippen LogP contribution in [-0.4, -0.2) is 21.5 Å². The van der Waals surface area contributed by atoms with Gasteiger partial charge in [-0.05, 0) is 18.4 Å². The Labute approximate surface area is 125 Å². The van der Waals surface area contributed by atoms with E-state index in [4.69, 9.17) is 5.73 Å². The van der Waals surface area contributed by atoms with Crippen LogP contribution in [0.15, 0.2) is 30.3 Å². The molecule has 0 aliphatic heterocycles. The van der Waals surface area contributed by atoms with Crippen LogP contribution in [0.4, 0.5) is 11.5 Å². The molecule has 114 valence electrons. The van der Waals surface area contributed by atoms with Crippen LogP contribution in [0, 0.1) is 0 Å². The fourth-order valence-electron chi connectivity index (χ4n) is 2.41. The van der Waals surface area contributed by atoms with Crippen molar-refractivity contribution in [3.8, 4) is 0 Å². The van der Waals surface area contributed by atoms with Gasteiger partial charge < -0.3 is 16.2 Å². The molecular weight excluding hydrogens is 264 g/mol. The van der Waals surface area contributed by atoms with Gasteiger partial charge in [-0.15, -0.1) is 0 Å². The molecule has 1 unspecified atom stereocenters. The number of aliphatic hydroxyl groups excluding tert-OH is 1. The minimum atomic E-state index is -0.614. The molecule has 1 aromatic carbocycles. The maximum atomic E-state index is 9.86. The van der Waals surface area contributed by atoms with Crippen molar-refractivity contribution in [2.75, 3.05) is 17.7 Å². The smallest absolute Gasteiger partial charge is 0.148 e. The molecule has 5 heteroatoms. The molecule has 1 aromatic heterocycles. The average molecular weight is 288 g/mol. The van der Waals surface area contributed by atoms with Crippen LogP contribution in [0.1, 0.15) is 37.9 Å². The minimum absolute atomic E-state index is 0.0430. The van der Waals surface area contributed by atoms with Crippen LogP contribution in [0.3, 0.4) is 0 Å². The molecule has 21 heavy (non-hydrogen) atoms. The van der Waals surface area contributed by atoms with Crippen LogP contribution in [0.2, 0.25) is 0 Å². The maximum Gasteiger partial charge on any atom is 0.148 e. The van der Waals surface area contributed by atoms with Gasteiger partial charge >= 0.3 is 0 Å². The lowest BCUT2D eigenvalue weighted by Crippen LogP contribution is -2.36. The summed E-state index contributed by atoms with van der Waals surface area (Å²) < 4.78 is 1.74. The summed E-state index contributed by atoms with van der Waals surface area (Å²) >= 11 is 0. The molecule has 0 saturated carbocycles. The van der Waals surface area contributed by atoms with Crippen LogP contribution >= 0.6 is 0 Å². The number of nitrogens with two attached hydrogens (primary N) is 1. The molecule has 2 aromatic rings. The molecule has 0 amide bonds. The molecule has 4 N–H and O–H groups in total. The molecular formula is C16H24N4O. The van der Waals surface area contributed by atoms with Crippen LogP contribution in [-0.2, 0) is 12.6 Å². The summed E-state index contributed by atoms with van der Waals surface area (Å²) in [4.78, 5) is 0. The lowest BCUT2D eigenvalue weighted by Gasteiger charge is -2.30. The fraction of sp³-hybridized carbons (Fsp3) is 0.438. The number of aromatic nitrogens is 2. The van der Waals surface area contributed by atoms with Crippen molar-refractivity contribution in [2.24, 2.45) is 7.05 Å². The van der Waals surface area contributed by atoms with Gasteiger partial charge in [0.15, 0.2) is 0 Å². The second-order valence-electron chi connectivity index (χ2n) is 5.91. The zero-order valence-corrected chi connectivity index (χ0v) is 13.1. The van der Waals surface area contributed by atoms with Gasteiger partial charge in [-0.1, -0.05) is 44.2 Å². The molecule has 1 atom stereocenters. The fourth-order valence-corrected chi connectivity index (χ4v) is 2.41. The highest BCUT2D eigenvalue weighted by Crippen LogP contribution is 2.32. The van der Waals surface area contributed by atoms with Gasteiger partial charge in [-0.25, -0.2) is 0 Å². The normalized spacial score (nSPS) is 14.2. The summed E-state index contributed by atoms with van der Waals surface area (Å²) in [7, 11) is 1.85. The SMILES string of the molecule is CC(C)c1nn(C)c(NC(C)(CO)c2ccccc2)c1N. The summed E-state index contributed by atoms with van der Waals surface area (Å²) in [6.45, 7) is 6.03. The molecule has 5 nitrogen and oxygen atoms in total. The van der Waals surface area contributed by atoms with Gasteiger partial charge in [-0.3, -0.25) is 4.68 Å². The summed E-state index contributed by atoms with van der Waals surface area (Å²) in [5, 5.41) is 17.7. The molecule has 1 heterocycles. The predicted octanol–water partition coefficient (Wildman–Crippen LogP) is 2.45. The summed E-state index contributed by atoms with van der Waals surface area (Å²) in [5.74, 6) is 0.989. The van der Waals surface area contributed by atoms with Crippen LogP contribution in [0.25, 0.3) is 0 Å². The third-order valence-corrected chi connectivity index (χ3v) is 3.78. The zero-order valence-electron chi connectivity index (χ0n) is 13.1. The van der Waals surface area contributed by atoms with Crippen LogP contribution in [0.5, 0.6) is 0 Å². The molecule has 0 saturated heterocycles. The van der Waals surface area contributed by atoms with E-state index in [1.54, 1.807) is 4.68 Å². The van der Waals surface area contributed by atoms with Crippen molar-refractivity contribution < 1.29 is 5.11 Å². The topological polar surface area (TPSA) is 76.1 Å². The first-order chi connectivity index (χ1) is 9.89. The summed E-state index contributed by atoms with van der Waals surface area (Å²) in [6, 6.07) is 9.84. The first kappa shape index (κ1) is 15.4. The molecule has 0 aliphatic rings.